The lowest BCUT2D eigenvalue weighted by molar-refractivity contribution is -0.909. The zero-order valence-corrected chi connectivity index (χ0v) is 5.00. The van der Waals surface area contributed by atoms with E-state index in [9.17, 15) is 20.2 Å². The minimum absolute atomic E-state index is 0.472. The van der Waals surface area contributed by atoms with Crippen LogP contribution in [0.5, 0.6) is 0 Å². The minimum Gasteiger partial charge on any atom is -0.300 e. The second-order valence-electron chi connectivity index (χ2n) is 1.12. The Labute approximate surface area is 55.0 Å². The van der Waals surface area contributed by atoms with Crippen LogP contribution in [0.1, 0.15) is 6.92 Å². The van der Waals surface area contributed by atoms with Gasteiger partial charge in [-0.2, -0.15) is 0 Å². The van der Waals surface area contributed by atoms with E-state index >= 15 is 0 Å². The van der Waals surface area contributed by atoms with Crippen molar-refractivity contribution in [1.82, 2.24) is 5.23 Å². The van der Waals surface area contributed by atoms with Crippen LogP contribution in [0.2, 0.25) is 0 Å². The number of hydrogen-bond donors (Lipinski definition) is 0. The van der Waals surface area contributed by atoms with Gasteiger partial charge in [0.05, 0.1) is 0 Å². The van der Waals surface area contributed by atoms with Crippen LogP contribution in [0, 0.1) is 20.2 Å². The van der Waals surface area contributed by atoms with E-state index in [0.717, 1.165) is 6.21 Å². The lowest BCUT2D eigenvalue weighted by Crippen LogP contribution is -2.30. The molecule has 0 aliphatic carbocycles. The number of hydrazone groups is 1. The maximum absolute atomic E-state index is 9.71. The lowest BCUT2D eigenvalue weighted by Gasteiger charge is -1.94. The Balaban J connectivity index is 4.27. The molecule has 0 aromatic heterocycles. The third-order valence-corrected chi connectivity index (χ3v) is 0.511. The molecule has 8 nitrogen and oxygen atoms in total. The highest BCUT2D eigenvalue weighted by Crippen LogP contribution is 1.87. The standard InChI is InChI=1S/C2H4N4O4/c1-2-3-4(5(7)8)6(9)10/h2H,1H3. The largest absolute Gasteiger partial charge is 0.309 e. The minimum atomic E-state index is -1.24. The van der Waals surface area contributed by atoms with Crippen LogP contribution in [-0.4, -0.2) is 21.5 Å². The summed E-state index contributed by atoms with van der Waals surface area (Å²) in [5.74, 6) is 0. The van der Waals surface area contributed by atoms with E-state index in [4.69, 9.17) is 0 Å². The van der Waals surface area contributed by atoms with Crippen molar-refractivity contribution in [3.05, 3.63) is 20.2 Å². The molecule has 0 rings (SSSR count). The summed E-state index contributed by atoms with van der Waals surface area (Å²) in [5.41, 5.74) is 0. The van der Waals surface area contributed by atoms with Crippen molar-refractivity contribution in [2.75, 3.05) is 0 Å². The van der Waals surface area contributed by atoms with Gasteiger partial charge >= 0.3 is 5.23 Å². The molecule has 8 heteroatoms. The molecule has 0 aromatic carbocycles. The van der Waals surface area contributed by atoms with Gasteiger partial charge in [0.1, 0.15) is 0 Å². The zero-order chi connectivity index (χ0) is 8.15. The maximum atomic E-state index is 9.71. The average Bonchev–Trinajstić information content (AvgIpc) is 1.81. The number of hydrogen-bond acceptors (Lipinski definition) is 5. The van der Waals surface area contributed by atoms with Crippen molar-refractivity contribution in [2.45, 2.75) is 6.92 Å². The fraction of sp³-hybridized carbons (Fsp3) is 0.500. The highest BCUT2D eigenvalue weighted by Gasteiger charge is 2.24. The van der Waals surface area contributed by atoms with E-state index in [0.29, 0.717) is 0 Å². The Bertz CT molecular complexity index is 162. The first kappa shape index (κ1) is 8.27. The summed E-state index contributed by atoms with van der Waals surface area (Å²) in [4.78, 5) is 19.4. The first-order chi connectivity index (χ1) is 4.59. The fourth-order valence-corrected chi connectivity index (χ4v) is 0.247. The lowest BCUT2D eigenvalue weighted by atomic mass is 10.9. The number of hydrazine groups is 2. The third-order valence-electron chi connectivity index (χ3n) is 0.511. The SMILES string of the molecule is CC=NN([N+](=O)[O-])[N+](=O)[O-]. The molecule has 0 unspecified atom stereocenters. The van der Waals surface area contributed by atoms with Gasteiger partial charge in [0.25, 0.3) is 0 Å². The summed E-state index contributed by atoms with van der Waals surface area (Å²) >= 11 is 0. The van der Waals surface area contributed by atoms with Crippen LogP contribution in [0.4, 0.5) is 0 Å². The molecule has 0 fully saturated rings. The smallest absolute Gasteiger partial charge is 0.300 e. The highest BCUT2D eigenvalue weighted by atomic mass is 16.8. The topological polar surface area (TPSA) is 102 Å². The second-order valence-corrected chi connectivity index (χ2v) is 1.12. The van der Waals surface area contributed by atoms with Gasteiger partial charge in [-0.25, -0.2) is 0 Å². The number of rotatable bonds is 3. The fourth-order valence-electron chi connectivity index (χ4n) is 0.247. The van der Waals surface area contributed by atoms with Crippen LogP contribution < -0.4 is 0 Å². The summed E-state index contributed by atoms with van der Waals surface area (Å²) in [7, 11) is 0. The predicted molar refractivity (Wildman–Crippen MR) is 30.0 cm³/mol. The number of nitro groups is 2. The van der Waals surface area contributed by atoms with Gasteiger partial charge in [-0.1, -0.05) is 0 Å². The quantitative estimate of drug-likeness (QED) is 0.310. The zero-order valence-electron chi connectivity index (χ0n) is 5.00. The molecular formula is C2H4N4O4. The van der Waals surface area contributed by atoms with Gasteiger partial charge in [0, 0.05) is 6.92 Å². The van der Waals surface area contributed by atoms with E-state index in [1.807, 2.05) is 0 Å². The highest BCUT2D eigenvalue weighted by molar-refractivity contribution is 5.52. The van der Waals surface area contributed by atoms with Crippen molar-refractivity contribution >= 4 is 6.21 Å². The summed E-state index contributed by atoms with van der Waals surface area (Å²) in [5, 5.41) is 19.3. The first-order valence-electron chi connectivity index (χ1n) is 2.17. The van der Waals surface area contributed by atoms with Crippen LogP contribution in [0.25, 0.3) is 0 Å². The summed E-state index contributed by atoms with van der Waals surface area (Å²) in [6, 6.07) is 0. The molecule has 0 saturated carbocycles. The molecule has 0 aromatic rings. The van der Waals surface area contributed by atoms with Gasteiger partial charge in [-0.15, -0.1) is 0 Å². The van der Waals surface area contributed by atoms with E-state index in [1.54, 1.807) is 0 Å². The van der Waals surface area contributed by atoms with Crippen molar-refractivity contribution < 1.29 is 10.1 Å². The van der Waals surface area contributed by atoms with E-state index < -0.39 is 15.3 Å². The Kier molecular flexibility index (Phi) is 2.75. The first-order valence-corrected chi connectivity index (χ1v) is 2.17. The van der Waals surface area contributed by atoms with Gasteiger partial charge in [-0.3, -0.25) is 20.2 Å². The monoisotopic (exact) mass is 148 g/mol. The molecule has 0 radical (unpaired) electrons. The maximum Gasteiger partial charge on any atom is 0.309 e. The predicted octanol–water partition coefficient (Wildman–Crippen LogP) is -0.323. The van der Waals surface area contributed by atoms with Crippen molar-refractivity contribution in [3.63, 3.8) is 0 Å². The molecule has 0 spiro atoms. The summed E-state index contributed by atoms with van der Waals surface area (Å²) in [6.07, 6.45) is 0.950. The Morgan fingerprint density at radius 1 is 1.40 bits per heavy atom. The Morgan fingerprint density at radius 3 is 1.90 bits per heavy atom. The van der Waals surface area contributed by atoms with E-state index in [-0.39, 0.29) is 0 Å². The van der Waals surface area contributed by atoms with Crippen LogP contribution in [0.3, 0.4) is 0 Å². The van der Waals surface area contributed by atoms with Gasteiger partial charge in [0.2, 0.25) is 0 Å². The summed E-state index contributed by atoms with van der Waals surface area (Å²) in [6.45, 7) is 1.33. The molecule has 0 bridgehead atoms. The third kappa shape index (κ3) is 2.03. The molecule has 0 atom stereocenters. The Morgan fingerprint density at radius 2 is 1.80 bits per heavy atom. The van der Waals surface area contributed by atoms with Crippen LogP contribution >= 0.6 is 0 Å². The molecule has 0 heterocycles. The molecule has 0 amide bonds. The molecule has 56 valence electrons. The molecule has 0 saturated heterocycles. The van der Waals surface area contributed by atoms with Crippen LogP contribution in [0.15, 0.2) is 5.10 Å². The Hall–Kier alpha value is -1.73. The average molecular weight is 148 g/mol. The molecular weight excluding hydrogens is 144 g/mol. The van der Waals surface area contributed by atoms with Crippen LogP contribution in [-0.2, 0) is 0 Å². The molecule has 0 aliphatic heterocycles. The van der Waals surface area contributed by atoms with E-state index in [1.165, 1.54) is 6.92 Å². The molecule has 0 aliphatic rings. The van der Waals surface area contributed by atoms with Gasteiger partial charge in [-0.05, 0) is 0 Å². The van der Waals surface area contributed by atoms with Crippen molar-refractivity contribution in [3.8, 4) is 0 Å². The van der Waals surface area contributed by atoms with Gasteiger partial charge < -0.3 is 0 Å². The van der Waals surface area contributed by atoms with Crippen molar-refractivity contribution in [2.24, 2.45) is 5.10 Å². The number of nitrogens with zero attached hydrogens (tertiary/aromatic N) is 4. The molecule has 0 N–H and O–H groups in total. The summed E-state index contributed by atoms with van der Waals surface area (Å²) < 4.78 is 0. The van der Waals surface area contributed by atoms with E-state index in [2.05, 4.69) is 5.10 Å². The normalized spacial score (nSPS) is 9.70. The van der Waals surface area contributed by atoms with Gasteiger partial charge in [0.15, 0.2) is 21.4 Å². The van der Waals surface area contributed by atoms with Crippen molar-refractivity contribution in [1.29, 1.82) is 0 Å². The molecule has 10 heavy (non-hydrogen) atoms. The second kappa shape index (κ2) is 3.33.